The highest BCUT2D eigenvalue weighted by molar-refractivity contribution is 5.68. The first-order valence-electron chi connectivity index (χ1n) is 3.47. The van der Waals surface area contributed by atoms with Crippen LogP contribution in [0.1, 0.15) is 20.3 Å². The summed E-state index contributed by atoms with van der Waals surface area (Å²) in [7, 11) is 0. The van der Waals surface area contributed by atoms with Crippen molar-refractivity contribution in [3.63, 3.8) is 0 Å². The zero-order chi connectivity index (χ0) is 8.85. The van der Waals surface area contributed by atoms with Crippen molar-refractivity contribution in [2.45, 2.75) is 26.4 Å². The number of primary amides is 1. The molecule has 1 unspecified atom stereocenters. The van der Waals surface area contributed by atoms with E-state index in [9.17, 15) is 9.59 Å². The third-order valence-electron chi connectivity index (χ3n) is 1.12. The second-order valence-electron chi connectivity index (χ2n) is 2.74. The van der Waals surface area contributed by atoms with Crippen LogP contribution in [0.4, 0.5) is 4.79 Å². The molecule has 0 radical (unpaired) electrons. The van der Waals surface area contributed by atoms with E-state index in [1.807, 2.05) is 13.8 Å². The van der Waals surface area contributed by atoms with Crippen LogP contribution in [0.2, 0.25) is 0 Å². The predicted octanol–water partition coefficient (Wildman–Crippen LogP) is 0.695. The summed E-state index contributed by atoms with van der Waals surface area (Å²) < 4.78 is 4.48. The molecule has 0 heterocycles. The molecule has 4 heteroatoms. The highest BCUT2D eigenvalue weighted by Gasteiger charge is 2.12. The molecule has 0 aromatic heterocycles. The van der Waals surface area contributed by atoms with Gasteiger partial charge in [0.25, 0.3) is 0 Å². The minimum atomic E-state index is -0.900. The molecule has 11 heavy (non-hydrogen) atoms. The summed E-state index contributed by atoms with van der Waals surface area (Å²) in [6.45, 7) is 3.86. The zero-order valence-corrected chi connectivity index (χ0v) is 6.74. The second kappa shape index (κ2) is 4.71. The number of carbonyl (C=O) groups is 2. The number of carbonyl (C=O) groups excluding carboxylic acids is 2. The van der Waals surface area contributed by atoms with Gasteiger partial charge in [0.2, 0.25) is 0 Å². The fourth-order valence-corrected chi connectivity index (χ4v) is 0.745. The third-order valence-corrected chi connectivity index (χ3v) is 1.12. The number of rotatable bonds is 4. The van der Waals surface area contributed by atoms with Crippen LogP contribution < -0.4 is 5.73 Å². The Morgan fingerprint density at radius 3 is 2.45 bits per heavy atom. The Bertz CT molecular complexity index is 145. The molecule has 0 rings (SSSR count). The van der Waals surface area contributed by atoms with Gasteiger partial charge in [0.15, 0.2) is 12.4 Å². The van der Waals surface area contributed by atoms with Crippen LogP contribution in [-0.2, 0) is 9.53 Å². The zero-order valence-electron chi connectivity index (χ0n) is 6.74. The lowest BCUT2D eigenvalue weighted by atomic mass is 10.1. The molecule has 0 aromatic rings. The van der Waals surface area contributed by atoms with Crippen molar-refractivity contribution in [2.75, 3.05) is 0 Å². The van der Waals surface area contributed by atoms with Crippen molar-refractivity contribution in [3.8, 4) is 0 Å². The summed E-state index contributed by atoms with van der Waals surface area (Å²) in [5.74, 6) is 0.310. The van der Waals surface area contributed by atoms with Crippen molar-refractivity contribution in [3.05, 3.63) is 0 Å². The molecule has 1 amide bonds. The summed E-state index contributed by atoms with van der Waals surface area (Å²) >= 11 is 0. The maximum Gasteiger partial charge on any atom is 0.405 e. The average Bonchev–Trinajstić information content (AvgIpc) is 1.84. The van der Waals surface area contributed by atoms with Crippen molar-refractivity contribution in [1.82, 2.24) is 0 Å². The summed E-state index contributed by atoms with van der Waals surface area (Å²) in [6, 6.07) is 0. The molecular formula is C7H13NO3. The fourth-order valence-electron chi connectivity index (χ4n) is 0.745. The Hall–Kier alpha value is -1.06. The van der Waals surface area contributed by atoms with Gasteiger partial charge in [-0.1, -0.05) is 13.8 Å². The SMILES string of the molecule is CC(C)CC(C=O)OC(N)=O. The van der Waals surface area contributed by atoms with E-state index in [4.69, 9.17) is 5.73 Å². The molecule has 0 fully saturated rings. The molecule has 0 aliphatic rings. The highest BCUT2D eigenvalue weighted by Crippen LogP contribution is 2.05. The van der Waals surface area contributed by atoms with Gasteiger partial charge in [0.1, 0.15) is 0 Å². The van der Waals surface area contributed by atoms with E-state index in [1.165, 1.54) is 0 Å². The Morgan fingerprint density at radius 1 is 1.64 bits per heavy atom. The van der Waals surface area contributed by atoms with E-state index in [0.717, 1.165) is 0 Å². The Morgan fingerprint density at radius 2 is 2.18 bits per heavy atom. The number of hydrogen-bond acceptors (Lipinski definition) is 3. The van der Waals surface area contributed by atoms with Gasteiger partial charge in [0.05, 0.1) is 0 Å². The van der Waals surface area contributed by atoms with Gasteiger partial charge in [0, 0.05) is 0 Å². The summed E-state index contributed by atoms with van der Waals surface area (Å²) in [6.07, 6.45) is -0.479. The van der Waals surface area contributed by atoms with Crippen LogP contribution in [-0.4, -0.2) is 18.5 Å². The van der Waals surface area contributed by atoms with Crippen molar-refractivity contribution in [2.24, 2.45) is 11.7 Å². The lowest BCUT2D eigenvalue weighted by Gasteiger charge is -2.11. The van der Waals surface area contributed by atoms with E-state index in [2.05, 4.69) is 4.74 Å². The van der Waals surface area contributed by atoms with Gasteiger partial charge in [-0.2, -0.15) is 0 Å². The van der Waals surface area contributed by atoms with Gasteiger partial charge < -0.3 is 10.5 Å². The molecule has 0 saturated carbocycles. The molecule has 0 aliphatic heterocycles. The van der Waals surface area contributed by atoms with E-state index in [0.29, 0.717) is 18.6 Å². The molecule has 1 atom stereocenters. The molecule has 0 spiro atoms. The van der Waals surface area contributed by atoms with Crippen LogP contribution in [0, 0.1) is 5.92 Å². The van der Waals surface area contributed by atoms with Crippen molar-refractivity contribution >= 4 is 12.4 Å². The van der Waals surface area contributed by atoms with Crippen LogP contribution in [0.25, 0.3) is 0 Å². The molecule has 0 saturated heterocycles. The Balaban J connectivity index is 3.76. The molecule has 4 nitrogen and oxygen atoms in total. The van der Waals surface area contributed by atoms with Crippen LogP contribution in [0.5, 0.6) is 0 Å². The van der Waals surface area contributed by atoms with Crippen LogP contribution in [0.15, 0.2) is 0 Å². The van der Waals surface area contributed by atoms with Crippen LogP contribution >= 0.6 is 0 Å². The maximum atomic E-state index is 10.2. The van der Waals surface area contributed by atoms with E-state index in [1.54, 1.807) is 0 Å². The predicted molar refractivity (Wildman–Crippen MR) is 40.0 cm³/mol. The van der Waals surface area contributed by atoms with Crippen molar-refractivity contribution < 1.29 is 14.3 Å². The largest absolute Gasteiger partial charge is 0.439 e. The van der Waals surface area contributed by atoms with E-state index < -0.39 is 12.2 Å². The average molecular weight is 159 g/mol. The summed E-state index contributed by atoms with van der Waals surface area (Å²) in [5, 5.41) is 0. The monoisotopic (exact) mass is 159 g/mol. The number of nitrogens with two attached hydrogens (primary N) is 1. The Kier molecular flexibility index (Phi) is 4.26. The smallest absolute Gasteiger partial charge is 0.405 e. The highest BCUT2D eigenvalue weighted by atomic mass is 16.6. The molecule has 64 valence electrons. The van der Waals surface area contributed by atoms with E-state index >= 15 is 0 Å². The minimum Gasteiger partial charge on any atom is -0.439 e. The van der Waals surface area contributed by atoms with Gasteiger partial charge >= 0.3 is 6.09 Å². The first-order valence-corrected chi connectivity index (χ1v) is 3.47. The number of ether oxygens (including phenoxy) is 1. The topological polar surface area (TPSA) is 69.4 Å². The first kappa shape index (κ1) is 9.94. The first-order chi connectivity index (χ1) is 5.06. The molecular weight excluding hydrogens is 146 g/mol. The third kappa shape index (κ3) is 5.39. The van der Waals surface area contributed by atoms with Gasteiger partial charge in [-0.15, -0.1) is 0 Å². The van der Waals surface area contributed by atoms with E-state index in [-0.39, 0.29) is 0 Å². The minimum absolute atomic E-state index is 0.310. The number of aldehydes is 1. The van der Waals surface area contributed by atoms with Gasteiger partial charge in [-0.25, -0.2) is 4.79 Å². The standard InChI is InChI=1S/C7H13NO3/c1-5(2)3-6(4-9)11-7(8)10/h4-6H,3H2,1-2H3,(H2,8,10). The molecule has 0 bridgehead atoms. The molecule has 2 N–H and O–H groups in total. The second-order valence-corrected chi connectivity index (χ2v) is 2.74. The van der Waals surface area contributed by atoms with Gasteiger partial charge in [-0.3, -0.25) is 4.79 Å². The lowest BCUT2D eigenvalue weighted by Crippen LogP contribution is -2.25. The van der Waals surface area contributed by atoms with Crippen LogP contribution in [0.3, 0.4) is 0 Å². The van der Waals surface area contributed by atoms with Gasteiger partial charge in [-0.05, 0) is 12.3 Å². The maximum absolute atomic E-state index is 10.2. The molecule has 0 aliphatic carbocycles. The Labute approximate surface area is 65.7 Å². The quantitative estimate of drug-likeness (QED) is 0.613. The lowest BCUT2D eigenvalue weighted by molar-refractivity contribution is -0.115. The van der Waals surface area contributed by atoms with Crippen molar-refractivity contribution in [1.29, 1.82) is 0 Å². The summed E-state index contributed by atoms with van der Waals surface area (Å²) in [5.41, 5.74) is 4.72. The molecule has 0 aromatic carbocycles. The number of amides is 1. The number of hydrogen-bond donors (Lipinski definition) is 1. The summed E-state index contributed by atoms with van der Waals surface area (Å²) in [4.78, 5) is 20.4. The normalized spacial score (nSPS) is 12.6. The fraction of sp³-hybridized carbons (Fsp3) is 0.714.